The molecule has 1 aliphatic rings. The molecule has 0 bridgehead atoms. The largest absolute Gasteiger partial charge is 0.313 e. The maximum atomic E-state index is 3.50. The van der Waals surface area contributed by atoms with Gasteiger partial charge in [0.1, 0.15) is 0 Å². The zero-order valence-corrected chi connectivity index (χ0v) is 11.1. The number of aryl methyl sites for hydroxylation is 1. The Morgan fingerprint density at radius 1 is 1.24 bits per heavy atom. The maximum Gasteiger partial charge on any atom is 0.0237 e. The molecule has 17 heavy (non-hydrogen) atoms. The van der Waals surface area contributed by atoms with Gasteiger partial charge in [-0.2, -0.15) is 0 Å². The van der Waals surface area contributed by atoms with Crippen LogP contribution in [0.5, 0.6) is 0 Å². The van der Waals surface area contributed by atoms with Crippen molar-refractivity contribution in [2.45, 2.75) is 39.3 Å². The molecule has 1 heterocycles. The summed E-state index contributed by atoms with van der Waals surface area (Å²) in [4.78, 5) is 2.57. The van der Waals surface area contributed by atoms with Gasteiger partial charge in [0.25, 0.3) is 0 Å². The molecule has 1 aromatic carbocycles. The highest BCUT2D eigenvalue weighted by molar-refractivity contribution is 5.27. The minimum absolute atomic E-state index is 0.592. The molecule has 1 aromatic rings. The van der Waals surface area contributed by atoms with E-state index in [1.165, 1.54) is 24.9 Å². The van der Waals surface area contributed by atoms with E-state index in [2.05, 4.69) is 48.3 Å². The lowest BCUT2D eigenvalue weighted by molar-refractivity contribution is 0.266. The van der Waals surface area contributed by atoms with Crippen LogP contribution in [0.3, 0.4) is 0 Å². The van der Waals surface area contributed by atoms with Crippen LogP contribution >= 0.6 is 0 Å². The van der Waals surface area contributed by atoms with Crippen molar-refractivity contribution in [2.24, 2.45) is 0 Å². The third-order valence-corrected chi connectivity index (χ3v) is 3.41. The van der Waals surface area contributed by atoms with Gasteiger partial charge in [-0.1, -0.05) is 38.1 Å². The van der Waals surface area contributed by atoms with Crippen LogP contribution in [0.2, 0.25) is 0 Å². The van der Waals surface area contributed by atoms with Crippen molar-refractivity contribution in [1.29, 1.82) is 0 Å². The molecule has 2 heteroatoms. The number of hydrogen-bond acceptors (Lipinski definition) is 2. The summed E-state index contributed by atoms with van der Waals surface area (Å²) in [7, 11) is 0. The Labute approximate surface area is 105 Å². The standard InChI is InChI=1S/C15H24N2/c1-13(2)16-9-11-17-10-5-8-14-6-3-4-7-15(14)12-17/h3-4,6-7,13,16H,5,8-12H2,1-2H3. The van der Waals surface area contributed by atoms with Crippen molar-refractivity contribution in [3.8, 4) is 0 Å². The summed E-state index contributed by atoms with van der Waals surface area (Å²) in [6, 6.07) is 9.48. The highest BCUT2D eigenvalue weighted by Gasteiger charge is 2.13. The van der Waals surface area contributed by atoms with Gasteiger partial charge in [-0.05, 0) is 30.5 Å². The van der Waals surface area contributed by atoms with Crippen LogP contribution in [0.15, 0.2) is 24.3 Å². The molecule has 94 valence electrons. The predicted molar refractivity (Wildman–Crippen MR) is 73.2 cm³/mol. The van der Waals surface area contributed by atoms with E-state index in [0.29, 0.717) is 6.04 Å². The Balaban J connectivity index is 1.89. The molecule has 0 saturated heterocycles. The van der Waals surface area contributed by atoms with E-state index in [-0.39, 0.29) is 0 Å². The molecular formula is C15H24N2. The average molecular weight is 232 g/mol. The Kier molecular flexibility index (Phi) is 4.57. The molecule has 0 spiro atoms. The summed E-state index contributed by atoms with van der Waals surface area (Å²) < 4.78 is 0. The van der Waals surface area contributed by atoms with Crippen LogP contribution < -0.4 is 5.32 Å². The number of fused-ring (bicyclic) bond motifs is 1. The van der Waals surface area contributed by atoms with Gasteiger partial charge >= 0.3 is 0 Å². The molecule has 0 saturated carbocycles. The van der Waals surface area contributed by atoms with Gasteiger partial charge in [-0.3, -0.25) is 4.90 Å². The van der Waals surface area contributed by atoms with Crippen molar-refractivity contribution in [3.63, 3.8) is 0 Å². The van der Waals surface area contributed by atoms with Gasteiger partial charge in [0, 0.05) is 25.7 Å². The van der Waals surface area contributed by atoms with E-state index >= 15 is 0 Å². The molecule has 0 atom stereocenters. The van der Waals surface area contributed by atoms with Crippen LogP contribution in [0.4, 0.5) is 0 Å². The first kappa shape index (κ1) is 12.6. The second kappa shape index (κ2) is 6.18. The third kappa shape index (κ3) is 3.83. The van der Waals surface area contributed by atoms with E-state index in [1.807, 2.05) is 0 Å². The second-order valence-electron chi connectivity index (χ2n) is 5.26. The number of rotatable bonds is 4. The first-order chi connectivity index (χ1) is 8.25. The van der Waals surface area contributed by atoms with Crippen molar-refractivity contribution < 1.29 is 0 Å². The van der Waals surface area contributed by atoms with Gasteiger partial charge < -0.3 is 5.32 Å². The van der Waals surface area contributed by atoms with Gasteiger partial charge in [-0.25, -0.2) is 0 Å². The summed E-state index contributed by atoms with van der Waals surface area (Å²) >= 11 is 0. The molecule has 1 N–H and O–H groups in total. The normalized spacial score (nSPS) is 16.9. The first-order valence-electron chi connectivity index (χ1n) is 6.78. The lowest BCUT2D eigenvalue weighted by Gasteiger charge is -2.21. The number of benzene rings is 1. The van der Waals surface area contributed by atoms with E-state index in [1.54, 1.807) is 5.56 Å². The molecule has 0 radical (unpaired) electrons. The predicted octanol–water partition coefficient (Wildman–Crippen LogP) is 2.43. The quantitative estimate of drug-likeness (QED) is 0.857. The van der Waals surface area contributed by atoms with E-state index in [4.69, 9.17) is 0 Å². The van der Waals surface area contributed by atoms with Crippen molar-refractivity contribution in [1.82, 2.24) is 10.2 Å². The zero-order valence-electron chi connectivity index (χ0n) is 11.1. The molecule has 2 nitrogen and oxygen atoms in total. The van der Waals surface area contributed by atoms with Crippen molar-refractivity contribution >= 4 is 0 Å². The van der Waals surface area contributed by atoms with Crippen molar-refractivity contribution in [3.05, 3.63) is 35.4 Å². The maximum absolute atomic E-state index is 3.50. The molecule has 2 rings (SSSR count). The fourth-order valence-electron chi connectivity index (χ4n) is 2.47. The molecule has 1 aliphatic heterocycles. The summed E-state index contributed by atoms with van der Waals surface area (Å²) in [5.41, 5.74) is 3.07. The number of nitrogens with one attached hydrogen (secondary N) is 1. The Morgan fingerprint density at radius 2 is 2.00 bits per heavy atom. The minimum atomic E-state index is 0.592. The highest BCUT2D eigenvalue weighted by atomic mass is 15.1. The van der Waals surface area contributed by atoms with Crippen LogP contribution in [-0.2, 0) is 13.0 Å². The minimum Gasteiger partial charge on any atom is -0.313 e. The molecule has 0 unspecified atom stereocenters. The van der Waals surface area contributed by atoms with Crippen LogP contribution in [0, 0.1) is 0 Å². The summed E-state index contributed by atoms with van der Waals surface area (Å²) in [6.07, 6.45) is 2.53. The fraction of sp³-hybridized carbons (Fsp3) is 0.600. The number of hydrogen-bond donors (Lipinski definition) is 1. The van der Waals surface area contributed by atoms with Gasteiger partial charge in [0.15, 0.2) is 0 Å². The molecule has 0 aliphatic carbocycles. The van der Waals surface area contributed by atoms with Gasteiger partial charge in [0.2, 0.25) is 0 Å². The average Bonchev–Trinajstić information content (AvgIpc) is 2.50. The monoisotopic (exact) mass is 232 g/mol. The first-order valence-corrected chi connectivity index (χ1v) is 6.78. The van der Waals surface area contributed by atoms with E-state index in [0.717, 1.165) is 19.6 Å². The Hall–Kier alpha value is -0.860. The van der Waals surface area contributed by atoms with Crippen LogP contribution in [0.1, 0.15) is 31.4 Å². The summed E-state index contributed by atoms with van der Waals surface area (Å²) in [6.45, 7) is 9.02. The molecular weight excluding hydrogens is 208 g/mol. The zero-order chi connectivity index (χ0) is 12.1. The van der Waals surface area contributed by atoms with E-state index < -0.39 is 0 Å². The SMILES string of the molecule is CC(C)NCCN1CCCc2ccccc2C1. The molecule has 0 amide bonds. The summed E-state index contributed by atoms with van der Waals surface area (Å²) in [5.74, 6) is 0. The molecule has 0 aromatic heterocycles. The van der Waals surface area contributed by atoms with Crippen molar-refractivity contribution in [2.75, 3.05) is 19.6 Å². The van der Waals surface area contributed by atoms with Crippen LogP contribution in [-0.4, -0.2) is 30.6 Å². The Morgan fingerprint density at radius 3 is 2.76 bits per heavy atom. The smallest absolute Gasteiger partial charge is 0.0237 e. The topological polar surface area (TPSA) is 15.3 Å². The fourth-order valence-corrected chi connectivity index (χ4v) is 2.47. The lowest BCUT2D eigenvalue weighted by atomic mass is 10.0. The second-order valence-corrected chi connectivity index (χ2v) is 5.26. The van der Waals surface area contributed by atoms with Gasteiger partial charge in [0.05, 0.1) is 0 Å². The van der Waals surface area contributed by atoms with E-state index in [9.17, 15) is 0 Å². The third-order valence-electron chi connectivity index (χ3n) is 3.41. The lowest BCUT2D eigenvalue weighted by Crippen LogP contribution is -2.34. The summed E-state index contributed by atoms with van der Waals surface area (Å²) in [5, 5.41) is 3.50. The number of nitrogens with zero attached hydrogens (tertiary/aromatic N) is 1. The van der Waals surface area contributed by atoms with Gasteiger partial charge in [-0.15, -0.1) is 0 Å². The Bertz CT molecular complexity index is 347. The molecule has 0 fully saturated rings. The van der Waals surface area contributed by atoms with Crippen LogP contribution in [0.25, 0.3) is 0 Å². The highest BCUT2D eigenvalue weighted by Crippen LogP contribution is 2.17.